The van der Waals surface area contributed by atoms with Crippen molar-refractivity contribution in [1.82, 2.24) is 9.78 Å². The maximum absolute atomic E-state index is 5.82. The van der Waals surface area contributed by atoms with Crippen molar-refractivity contribution < 1.29 is 9.47 Å². The molecule has 0 saturated carbocycles. The highest BCUT2D eigenvalue weighted by Crippen LogP contribution is 2.29. The number of aryl methyl sites for hydroxylation is 1. The molecule has 2 aromatic rings. The van der Waals surface area contributed by atoms with Gasteiger partial charge in [-0.3, -0.25) is 4.68 Å². The van der Waals surface area contributed by atoms with Gasteiger partial charge in [-0.1, -0.05) is 6.92 Å². The molecule has 1 heterocycles. The van der Waals surface area contributed by atoms with Crippen LogP contribution < -0.4 is 15.2 Å². The van der Waals surface area contributed by atoms with Gasteiger partial charge in [-0.25, -0.2) is 0 Å². The Kier molecular flexibility index (Phi) is 4.28. The third kappa shape index (κ3) is 3.40. The Hall–Kier alpha value is -2.17. The topological polar surface area (TPSA) is 62.3 Å². The average Bonchev–Trinajstić information content (AvgIpc) is 2.82. The second kappa shape index (κ2) is 6.13. The van der Waals surface area contributed by atoms with Crippen LogP contribution in [0.25, 0.3) is 0 Å². The third-order valence-corrected chi connectivity index (χ3v) is 2.58. The van der Waals surface area contributed by atoms with E-state index >= 15 is 0 Å². The van der Waals surface area contributed by atoms with Gasteiger partial charge in [-0.2, -0.15) is 5.10 Å². The molecule has 0 unspecified atom stereocenters. The van der Waals surface area contributed by atoms with Gasteiger partial charge in [-0.05, 0) is 25.5 Å². The van der Waals surface area contributed by atoms with E-state index in [1.807, 2.05) is 23.9 Å². The van der Waals surface area contributed by atoms with Crippen molar-refractivity contribution in [2.45, 2.75) is 26.8 Å². The number of anilines is 1. The molecule has 1 aromatic heterocycles. The van der Waals surface area contributed by atoms with Crippen LogP contribution in [0.15, 0.2) is 30.6 Å². The number of hydrogen-bond acceptors (Lipinski definition) is 4. The van der Waals surface area contributed by atoms with Crippen LogP contribution in [0, 0.1) is 0 Å². The first-order valence-electron chi connectivity index (χ1n) is 6.45. The maximum atomic E-state index is 5.82. The van der Waals surface area contributed by atoms with Crippen molar-refractivity contribution in [2.75, 3.05) is 12.3 Å². The SMILES string of the molecule is CCCn1cc(Oc2ccc(N)c(OCC)c2)cn1. The van der Waals surface area contributed by atoms with Crippen LogP contribution in [0.2, 0.25) is 0 Å². The number of benzene rings is 1. The molecule has 2 rings (SSSR count). The van der Waals surface area contributed by atoms with E-state index in [4.69, 9.17) is 15.2 Å². The molecule has 19 heavy (non-hydrogen) atoms. The summed E-state index contributed by atoms with van der Waals surface area (Å²) < 4.78 is 13.0. The number of nitrogens with two attached hydrogens (primary N) is 1. The fourth-order valence-electron chi connectivity index (χ4n) is 1.74. The minimum atomic E-state index is 0.572. The second-order valence-electron chi connectivity index (χ2n) is 4.17. The first-order chi connectivity index (χ1) is 9.22. The average molecular weight is 261 g/mol. The van der Waals surface area contributed by atoms with Gasteiger partial charge in [0.25, 0.3) is 0 Å². The van der Waals surface area contributed by atoms with E-state index in [9.17, 15) is 0 Å². The highest BCUT2D eigenvalue weighted by Gasteiger charge is 2.05. The van der Waals surface area contributed by atoms with Crippen molar-refractivity contribution in [3.05, 3.63) is 30.6 Å². The molecule has 5 nitrogen and oxygen atoms in total. The van der Waals surface area contributed by atoms with Crippen LogP contribution in [0.1, 0.15) is 20.3 Å². The molecule has 0 aliphatic carbocycles. The zero-order chi connectivity index (χ0) is 13.7. The van der Waals surface area contributed by atoms with Crippen molar-refractivity contribution in [3.63, 3.8) is 0 Å². The largest absolute Gasteiger partial charge is 0.492 e. The molecule has 0 fully saturated rings. The Morgan fingerprint density at radius 3 is 2.84 bits per heavy atom. The fraction of sp³-hybridized carbons (Fsp3) is 0.357. The van der Waals surface area contributed by atoms with Crippen molar-refractivity contribution in [1.29, 1.82) is 0 Å². The first kappa shape index (κ1) is 13.3. The third-order valence-electron chi connectivity index (χ3n) is 2.58. The van der Waals surface area contributed by atoms with Crippen LogP contribution >= 0.6 is 0 Å². The molecule has 0 spiro atoms. The summed E-state index contributed by atoms with van der Waals surface area (Å²) in [5.74, 6) is 2.04. The first-order valence-corrected chi connectivity index (χ1v) is 6.45. The summed E-state index contributed by atoms with van der Waals surface area (Å²) in [6.07, 6.45) is 4.62. The van der Waals surface area contributed by atoms with Gasteiger partial charge in [-0.15, -0.1) is 0 Å². The second-order valence-corrected chi connectivity index (χ2v) is 4.17. The highest BCUT2D eigenvalue weighted by atomic mass is 16.5. The van der Waals surface area contributed by atoms with Crippen LogP contribution in [0.4, 0.5) is 5.69 Å². The zero-order valence-electron chi connectivity index (χ0n) is 11.3. The van der Waals surface area contributed by atoms with E-state index in [1.165, 1.54) is 0 Å². The van der Waals surface area contributed by atoms with Gasteiger partial charge in [0.15, 0.2) is 5.75 Å². The van der Waals surface area contributed by atoms with Crippen molar-refractivity contribution >= 4 is 5.69 Å². The van der Waals surface area contributed by atoms with E-state index in [0.717, 1.165) is 13.0 Å². The number of aromatic nitrogens is 2. The van der Waals surface area contributed by atoms with Gasteiger partial charge >= 0.3 is 0 Å². The normalized spacial score (nSPS) is 10.4. The number of hydrogen-bond donors (Lipinski definition) is 1. The predicted octanol–water partition coefficient (Wildman–Crippen LogP) is 3.07. The predicted molar refractivity (Wildman–Crippen MR) is 74.6 cm³/mol. The summed E-state index contributed by atoms with van der Waals surface area (Å²) in [5.41, 5.74) is 6.42. The van der Waals surface area contributed by atoms with E-state index in [0.29, 0.717) is 29.5 Å². The van der Waals surface area contributed by atoms with Crippen LogP contribution in [-0.2, 0) is 6.54 Å². The lowest BCUT2D eigenvalue weighted by Crippen LogP contribution is -1.97. The molecule has 0 amide bonds. The van der Waals surface area contributed by atoms with Gasteiger partial charge in [0, 0.05) is 12.6 Å². The van der Waals surface area contributed by atoms with Crippen molar-refractivity contribution in [2.24, 2.45) is 0 Å². The minimum absolute atomic E-state index is 0.572. The summed E-state index contributed by atoms with van der Waals surface area (Å²) in [5, 5.41) is 4.21. The van der Waals surface area contributed by atoms with Crippen LogP contribution in [0.3, 0.4) is 0 Å². The van der Waals surface area contributed by atoms with E-state index in [-0.39, 0.29) is 0 Å². The minimum Gasteiger partial charge on any atom is -0.492 e. The van der Waals surface area contributed by atoms with Gasteiger partial charge < -0.3 is 15.2 Å². The molecule has 0 saturated heterocycles. The number of ether oxygens (including phenoxy) is 2. The number of nitrogen functional groups attached to an aromatic ring is 1. The Labute approximate surface area is 112 Å². The fourth-order valence-corrected chi connectivity index (χ4v) is 1.74. The van der Waals surface area contributed by atoms with E-state index < -0.39 is 0 Å². The zero-order valence-corrected chi connectivity index (χ0v) is 11.3. The molecule has 5 heteroatoms. The Morgan fingerprint density at radius 2 is 2.11 bits per heavy atom. The molecular formula is C14H19N3O2. The molecule has 1 aromatic carbocycles. The summed E-state index contributed by atoms with van der Waals surface area (Å²) >= 11 is 0. The van der Waals surface area contributed by atoms with Gasteiger partial charge in [0.2, 0.25) is 0 Å². The lowest BCUT2D eigenvalue weighted by molar-refractivity contribution is 0.340. The maximum Gasteiger partial charge on any atom is 0.165 e. The van der Waals surface area contributed by atoms with Crippen LogP contribution in [0.5, 0.6) is 17.2 Å². The lowest BCUT2D eigenvalue weighted by Gasteiger charge is -2.09. The molecular weight excluding hydrogens is 242 g/mol. The van der Waals surface area contributed by atoms with E-state index in [1.54, 1.807) is 18.3 Å². The lowest BCUT2D eigenvalue weighted by atomic mass is 10.3. The standard InChI is InChI=1S/C14H19N3O2/c1-3-7-17-10-12(9-16-17)19-11-5-6-13(15)14(8-11)18-4-2/h5-6,8-10H,3-4,7,15H2,1-2H3. The number of rotatable bonds is 6. The van der Waals surface area contributed by atoms with Crippen LogP contribution in [-0.4, -0.2) is 16.4 Å². The highest BCUT2D eigenvalue weighted by molar-refractivity contribution is 5.56. The monoisotopic (exact) mass is 261 g/mol. The summed E-state index contributed by atoms with van der Waals surface area (Å²) in [6.45, 7) is 5.48. The van der Waals surface area contributed by atoms with Crippen molar-refractivity contribution in [3.8, 4) is 17.2 Å². The molecule has 0 atom stereocenters. The molecule has 0 radical (unpaired) electrons. The molecule has 2 N–H and O–H groups in total. The summed E-state index contributed by atoms with van der Waals surface area (Å²) in [7, 11) is 0. The molecule has 102 valence electrons. The smallest absolute Gasteiger partial charge is 0.165 e. The Bertz CT molecular complexity index is 537. The quantitative estimate of drug-likeness (QED) is 0.812. The molecule has 0 aliphatic heterocycles. The Morgan fingerprint density at radius 1 is 1.26 bits per heavy atom. The summed E-state index contributed by atoms with van der Waals surface area (Å²) in [4.78, 5) is 0. The molecule has 0 aliphatic rings. The molecule has 0 bridgehead atoms. The van der Waals surface area contributed by atoms with E-state index in [2.05, 4.69) is 12.0 Å². The van der Waals surface area contributed by atoms with Gasteiger partial charge in [0.05, 0.1) is 24.7 Å². The summed E-state index contributed by atoms with van der Waals surface area (Å²) in [6, 6.07) is 5.38. The Balaban J connectivity index is 2.11. The number of nitrogens with zero attached hydrogens (tertiary/aromatic N) is 2. The van der Waals surface area contributed by atoms with Gasteiger partial charge in [0.1, 0.15) is 11.5 Å².